The third kappa shape index (κ3) is 5.53. The van der Waals surface area contributed by atoms with Gasteiger partial charge in [-0.05, 0) is 12.1 Å². The molecular formula is C21H8F14N2O2. The Labute approximate surface area is 206 Å². The second-order valence-corrected chi connectivity index (χ2v) is 7.39. The van der Waals surface area contributed by atoms with Crippen molar-refractivity contribution in [2.75, 3.05) is 11.5 Å². The Balaban J connectivity index is 2.28. The average Bonchev–Trinajstić information content (AvgIpc) is 2.75. The molecule has 4 nitrogen and oxygen atoms in total. The van der Waals surface area contributed by atoms with E-state index >= 15 is 4.39 Å². The highest BCUT2D eigenvalue weighted by atomic mass is 19.4. The summed E-state index contributed by atoms with van der Waals surface area (Å²) in [5, 5.41) is 0. The van der Waals surface area contributed by atoms with Gasteiger partial charge in [0.25, 0.3) is 0 Å². The number of anilines is 2. The molecule has 3 aromatic rings. The molecule has 39 heavy (non-hydrogen) atoms. The Hall–Kier alpha value is -4.12. The topological polar surface area (TPSA) is 70.5 Å². The van der Waals surface area contributed by atoms with Crippen molar-refractivity contribution in [3.05, 3.63) is 70.0 Å². The van der Waals surface area contributed by atoms with E-state index in [9.17, 15) is 57.1 Å². The molecule has 18 heteroatoms. The fraction of sp³-hybridized carbons (Fsp3) is 0.143. The van der Waals surface area contributed by atoms with E-state index in [1.807, 2.05) is 0 Å². The Morgan fingerprint density at radius 2 is 0.897 bits per heavy atom. The summed E-state index contributed by atoms with van der Waals surface area (Å²) in [5.74, 6) is -19.9. The van der Waals surface area contributed by atoms with E-state index in [4.69, 9.17) is 11.5 Å². The molecule has 0 aliphatic carbocycles. The summed E-state index contributed by atoms with van der Waals surface area (Å²) in [6.45, 7) is 0. The van der Waals surface area contributed by atoms with Crippen LogP contribution < -0.4 is 20.9 Å². The number of alkyl halides is 9. The van der Waals surface area contributed by atoms with Crippen molar-refractivity contribution >= 4 is 11.4 Å². The predicted molar refractivity (Wildman–Crippen MR) is 103 cm³/mol. The summed E-state index contributed by atoms with van der Waals surface area (Å²) >= 11 is 0. The average molecular weight is 586 g/mol. The number of hydrogen-bond donors (Lipinski definition) is 2. The minimum atomic E-state index is -5.85. The molecular weight excluding hydrogens is 578 g/mol. The van der Waals surface area contributed by atoms with Gasteiger partial charge >= 0.3 is 18.5 Å². The van der Waals surface area contributed by atoms with Crippen molar-refractivity contribution in [3.63, 3.8) is 0 Å². The first-order valence-electron chi connectivity index (χ1n) is 9.60. The minimum Gasteiger partial charge on any atom is -0.453 e. The summed E-state index contributed by atoms with van der Waals surface area (Å²) in [7, 11) is 0. The fourth-order valence-corrected chi connectivity index (χ4v) is 3.10. The highest BCUT2D eigenvalue weighted by Gasteiger charge is 2.44. The monoisotopic (exact) mass is 586 g/mol. The van der Waals surface area contributed by atoms with Crippen LogP contribution in [0.1, 0.15) is 16.7 Å². The molecule has 0 bridgehead atoms. The summed E-state index contributed by atoms with van der Waals surface area (Å²) in [5.41, 5.74) is -0.0790. The normalized spacial score (nSPS) is 12.6. The molecule has 0 saturated heterocycles. The first-order valence-corrected chi connectivity index (χ1v) is 9.60. The molecule has 0 unspecified atom stereocenters. The molecule has 0 saturated carbocycles. The van der Waals surface area contributed by atoms with E-state index in [0.717, 1.165) is 0 Å². The zero-order chi connectivity index (χ0) is 29.8. The van der Waals surface area contributed by atoms with E-state index in [0.29, 0.717) is 0 Å². The first kappa shape index (κ1) is 29.4. The first-order chi connectivity index (χ1) is 17.7. The molecule has 0 atom stereocenters. The van der Waals surface area contributed by atoms with Crippen molar-refractivity contribution in [2.45, 2.75) is 18.5 Å². The number of hydrogen-bond acceptors (Lipinski definition) is 4. The lowest BCUT2D eigenvalue weighted by Crippen LogP contribution is -2.15. The van der Waals surface area contributed by atoms with Crippen LogP contribution in [-0.2, 0) is 18.5 Å². The minimum absolute atomic E-state index is 0.00329. The maximum atomic E-state index is 15.1. The molecule has 0 aliphatic rings. The van der Waals surface area contributed by atoms with Crippen LogP contribution in [0, 0.1) is 29.1 Å². The molecule has 4 N–H and O–H groups in total. The van der Waals surface area contributed by atoms with Crippen molar-refractivity contribution < 1.29 is 70.9 Å². The highest BCUT2D eigenvalue weighted by Crippen LogP contribution is 2.49. The van der Waals surface area contributed by atoms with E-state index in [1.54, 1.807) is 0 Å². The van der Waals surface area contributed by atoms with Gasteiger partial charge in [-0.1, -0.05) is 0 Å². The molecule has 0 spiro atoms. The lowest BCUT2D eigenvalue weighted by molar-refractivity contribution is -0.142. The van der Waals surface area contributed by atoms with Crippen LogP contribution in [-0.4, -0.2) is 0 Å². The Kier molecular flexibility index (Phi) is 7.22. The maximum absolute atomic E-state index is 15.1. The quantitative estimate of drug-likeness (QED) is 0.239. The van der Waals surface area contributed by atoms with Crippen LogP contribution in [0.5, 0.6) is 23.0 Å². The van der Waals surface area contributed by atoms with Gasteiger partial charge < -0.3 is 20.9 Å². The fourth-order valence-electron chi connectivity index (χ4n) is 3.10. The van der Waals surface area contributed by atoms with Crippen LogP contribution in [0.25, 0.3) is 0 Å². The summed E-state index contributed by atoms with van der Waals surface area (Å²) < 4.78 is 200. The number of nitrogen functional groups attached to an aromatic ring is 2. The van der Waals surface area contributed by atoms with Crippen molar-refractivity contribution in [2.24, 2.45) is 0 Å². The molecule has 3 rings (SSSR count). The smallest absolute Gasteiger partial charge is 0.422 e. The van der Waals surface area contributed by atoms with Gasteiger partial charge in [-0.25, -0.2) is 17.6 Å². The van der Waals surface area contributed by atoms with E-state index < -0.39 is 98.7 Å². The summed E-state index contributed by atoms with van der Waals surface area (Å²) in [6.07, 6.45) is -17.2. The van der Waals surface area contributed by atoms with Gasteiger partial charge in [0, 0.05) is 12.1 Å². The zero-order valence-electron chi connectivity index (χ0n) is 18.1. The maximum Gasteiger partial charge on any atom is 0.422 e. The zero-order valence-corrected chi connectivity index (χ0v) is 18.1. The predicted octanol–water partition coefficient (Wildman–Crippen LogP) is 8.19. The Morgan fingerprint density at radius 1 is 0.487 bits per heavy atom. The summed E-state index contributed by atoms with van der Waals surface area (Å²) in [4.78, 5) is 0. The number of rotatable bonds is 4. The van der Waals surface area contributed by atoms with Crippen molar-refractivity contribution in [1.29, 1.82) is 0 Å². The Bertz CT molecular complexity index is 1450. The van der Waals surface area contributed by atoms with E-state index in [1.165, 1.54) is 0 Å². The van der Waals surface area contributed by atoms with Crippen LogP contribution in [0.15, 0.2) is 24.3 Å². The van der Waals surface area contributed by atoms with Gasteiger partial charge in [0.15, 0.2) is 34.8 Å². The number of ether oxygens (including phenoxy) is 2. The van der Waals surface area contributed by atoms with Crippen molar-refractivity contribution in [3.8, 4) is 23.0 Å². The van der Waals surface area contributed by atoms with Gasteiger partial charge in [0.2, 0.25) is 5.82 Å². The third-order valence-electron chi connectivity index (χ3n) is 4.76. The standard InChI is InChI=1S/C21H8F14N2O2/c22-13-6(36)3-9(11(16(13)25)20(30,31)32)38-8-2-1-5(19(27,28)29)18(15(8)24)39-10-4-7(37)14(23)17(26)12(10)21(33,34)35/h1-4H,36-37H2. The largest absolute Gasteiger partial charge is 0.453 e. The molecule has 3 aromatic carbocycles. The lowest BCUT2D eigenvalue weighted by atomic mass is 10.1. The third-order valence-corrected chi connectivity index (χ3v) is 4.76. The van der Waals surface area contributed by atoms with Crippen LogP contribution in [0.2, 0.25) is 0 Å². The van der Waals surface area contributed by atoms with Gasteiger partial charge in [0.05, 0.1) is 11.4 Å². The second-order valence-electron chi connectivity index (χ2n) is 7.39. The molecule has 0 aliphatic heterocycles. The lowest BCUT2D eigenvalue weighted by Gasteiger charge is -2.21. The van der Waals surface area contributed by atoms with Gasteiger partial charge in [-0.3, -0.25) is 0 Å². The van der Waals surface area contributed by atoms with E-state index in [2.05, 4.69) is 9.47 Å². The molecule has 0 aromatic heterocycles. The van der Waals surface area contributed by atoms with Crippen LogP contribution in [0.4, 0.5) is 72.8 Å². The van der Waals surface area contributed by atoms with Crippen molar-refractivity contribution in [1.82, 2.24) is 0 Å². The van der Waals surface area contributed by atoms with Crippen LogP contribution >= 0.6 is 0 Å². The van der Waals surface area contributed by atoms with Gasteiger partial charge in [0.1, 0.15) is 28.2 Å². The molecule has 0 radical (unpaired) electrons. The van der Waals surface area contributed by atoms with Gasteiger partial charge in [-0.15, -0.1) is 0 Å². The molecule has 0 fully saturated rings. The number of halogens is 14. The molecule has 212 valence electrons. The number of nitrogens with two attached hydrogens (primary N) is 2. The number of benzene rings is 3. The SMILES string of the molecule is Nc1cc(Oc2ccc(C(F)(F)F)c(Oc3cc(N)c(F)c(F)c3C(F)(F)F)c2F)c(C(F)(F)F)c(F)c1F. The molecule has 0 heterocycles. The second kappa shape index (κ2) is 9.57. The van der Waals surface area contributed by atoms with Gasteiger partial charge in [-0.2, -0.15) is 43.9 Å². The van der Waals surface area contributed by atoms with E-state index in [-0.39, 0.29) is 24.3 Å². The Morgan fingerprint density at radius 3 is 1.28 bits per heavy atom. The summed E-state index contributed by atoms with van der Waals surface area (Å²) in [6, 6.07) is -0.253. The van der Waals surface area contributed by atoms with Crippen LogP contribution in [0.3, 0.4) is 0 Å². The molecule has 0 amide bonds. The highest BCUT2D eigenvalue weighted by molar-refractivity contribution is 5.57.